The summed E-state index contributed by atoms with van der Waals surface area (Å²) in [7, 11) is 0. The largest absolute Gasteiger partial charge is 0.385 e. The number of rotatable bonds is 8. The van der Waals surface area contributed by atoms with Gasteiger partial charge in [-0.3, -0.25) is 5.73 Å². The molecule has 0 aliphatic carbocycles. The van der Waals surface area contributed by atoms with Gasteiger partial charge in [0, 0.05) is 0 Å². The van der Waals surface area contributed by atoms with Crippen molar-refractivity contribution in [1.29, 1.82) is 0 Å². The summed E-state index contributed by atoms with van der Waals surface area (Å²) in [5.41, 5.74) is 10.8. The molecule has 3 aromatic rings. The van der Waals surface area contributed by atoms with E-state index in [1.54, 1.807) is 4.90 Å². The van der Waals surface area contributed by atoms with Crippen molar-refractivity contribution in [1.82, 2.24) is 4.57 Å². The van der Waals surface area contributed by atoms with E-state index in [0.717, 1.165) is 42.8 Å². The number of aliphatic hydroxyl groups excluding tert-OH is 1. The summed E-state index contributed by atoms with van der Waals surface area (Å²) in [5.74, 6) is 0.703. The third-order valence-corrected chi connectivity index (χ3v) is 5.52. The van der Waals surface area contributed by atoms with Crippen LogP contribution in [0.4, 0.5) is 5.95 Å². The Bertz CT molecular complexity index is 881. The highest BCUT2D eigenvalue weighted by molar-refractivity contribution is 5.73. The zero-order valence-corrected chi connectivity index (χ0v) is 16.7. The van der Waals surface area contributed by atoms with Gasteiger partial charge in [0.1, 0.15) is 36.8 Å². The Labute approximate surface area is 161 Å². The van der Waals surface area contributed by atoms with Gasteiger partial charge in [-0.05, 0) is 38.5 Å². The number of fused-ring (bicyclic) bond motifs is 1. The average Bonchev–Trinajstić information content (AvgIpc) is 2.95. The van der Waals surface area contributed by atoms with Crippen LogP contribution in [-0.4, -0.2) is 29.3 Å². The van der Waals surface area contributed by atoms with E-state index >= 15 is 0 Å². The number of anilines is 1. The molecule has 1 atom stereocenters. The molecule has 27 heavy (non-hydrogen) atoms. The maximum atomic E-state index is 10.8. The smallest absolute Gasteiger partial charge is 0.356 e. The number of nitrogens with two attached hydrogens (primary N) is 1. The average molecular weight is 369 g/mol. The first-order valence-corrected chi connectivity index (χ1v) is 9.89. The maximum absolute atomic E-state index is 10.8. The molecule has 0 spiro atoms. The standard InChI is InChI=1S/C22H30N4O/c1-4-24(5-2)14-15-25-19-8-6-7-9-20(19)26(22(25)23)16-21(27)18-12-10-17(3)11-13-18/h6-13,21,23,27H,4-5,14-16H2,1-3H3/p+2/t21-/m0/s1. The summed E-state index contributed by atoms with van der Waals surface area (Å²) in [6.45, 7) is 11.1. The lowest BCUT2D eigenvalue weighted by Gasteiger charge is -2.14. The first-order chi connectivity index (χ1) is 13.0. The molecule has 144 valence electrons. The number of aryl methyl sites for hydroxylation is 1. The molecule has 0 fully saturated rings. The van der Waals surface area contributed by atoms with Gasteiger partial charge >= 0.3 is 5.95 Å². The molecular formula is C22H32N4O+2. The van der Waals surface area contributed by atoms with Crippen molar-refractivity contribution in [2.24, 2.45) is 0 Å². The quantitative estimate of drug-likeness (QED) is 0.528. The van der Waals surface area contributed by atoms with Gasteiger partial charge in [0.25, 0.3) is 0 Å². The van der Waals surface area contributed by atoms with E-state index < -0.39 is 6.10 Å². The van der Waals surface area contributed by atoms with Crippen molar-refractivity contribution in [3.05, 3.63) is 59.7 Å². The molecule has 0 unspecified atom stereocenters. The Morgan fingerprint density at radius 2 is 1.74 bits per heavy atom. The van der Waals surface area contributed by atoms with Crippen LogP contribution in [0.1, 0.15) is 31.1 Å². The Balaban J connectivity index is 1.91. The van der Waals surface area contributed by atoms with Crippen molar-refractivity contribution in [3.63, 3.8) is 0 Å². The topological polar surface area (TPSA) is 59.5 Å². The normalized spacial score (nSPS) is 12.8. The molecule has 0 saturated heterocycles. The fraction of sp³-hybridized carbons (Fsp3) is 0.409. The molecule has 2 aromatic carbocycles. The predicted octanol–water partition coefficient (Wildman–Crippen LogP) is 1.48. The van der Waals surface area contributed by atoms with Crippen molar-refractivity contribution in [2.75, 3.05) is 25.4 Å². The molecule has 5 nitrogen and oxygen atoms in total. The molecule has 5 heteroatoms. The number of aromatic nitrogens is 2. The number of likely N-dealkylation sites (N-methyl/N-ethyl adjacent to an activating group) is 1. The Kier molecular flexibility index (Phi) is 6.14. The van der Waals surface area contributed by atoms with Crippen molar-refractivity contribution >= 4 is 17.0 Å². The fourth-order valence-corrected chi connectivity index (χ4v) is 3.68. The minimum atomic E-state index is -0.592. The van der Waals surface area contributed by atoms with E-state index in [1.807, 2.05) is 47.9 Å². The second-order valence-corrected chi connectivity index (χ2v) is 7.24. The number of quaternary nitrogens is 1. The Hall–Kier alpha value is -2.37. The van der Waals surface area contributed by atoms with Crippen LogP contribution >= 0.6 is 0 Å². The number of benzene rings is 2. The van der Waals surface area contributed by atoms with E-state index in [1.165, 1.54) is 5.56 Å². The second kappa shape index (κ2) is 8.55. The van der Waals surface area contributed by atoms with Gasteiger partial charge in [0.05, 0.1) is 13.1 Å². The third kappa shape index (κ3) is 4.15. The van der Waals surface area contributed by atoms with Crippen molar-refractivity contribution in [2.45, 2.75) is 40.0 Å². The maximum Gasteiger partial charge on any atom is 0.356 e. The zero-order valence-electron chi connectivity index (χ0n) is 16.7. The van der Waals surface area contributed by atoms with Gasteiger partial charge in [0.2, 0.25) is 0 Å². The number of para-hydroxylation sites is 2. The van der Waals surface area contributed by atoms with Crippen LogP contribution in [0.2, 0.25) is 0 Å². The van der Waals surface area contributed by atoms with E-state index in [-0.39, 0.29) is 0 Å². The van der Waals surface area contributed by atoms with Crippen LogP contribution in [0.25, 0.3) is 11.0 Å². The monoisotopic (exact) mass is 368 g/mol. The van der Waals surface area contributed by atoms with Gasteiger partial charge in [-0.1, -0.05) is 42.0 Å². The SMILES string of the molecule is CC[NH+](CC)CCn1c(N)[n+](C[C@H](O)c2ccc(C)cc2)c2ccccc21. The molecule has 0 bridgehead atoms. The highest BCUT2D eigenvalue weighted by Crippen LogP contribution is 2.19. The molecule has 3 rings (SSSR count). The predicted molar refractivity (Wildman–Crippen MR) is 110 cm³/mol. The number of imidazole rings is 1. The molecule has 1 aromatic heterocycles. The van der Waals surface area contributed by atoms with Crippen molar-refractivity contribution in [3.8, 4) is 0 Å². The highest BCUT2D eigenvalue weighted by atomic mass is 16.3. The lowest BCUT2D eigenvalue weighted by Crippen LogP contribution is -3.11. The Morgan fingerprint density at radius 1 is 1.07 bits per heavy atom. The molecule has 0 saturated carbocycles. The molecule has 0 aliphatic heterocycles. The minimum absolute atomic E-state index is 0.445. The Morgan fingerprint density at radius 3 is 2.41 bits per heavy atom. The number of aliphatic hydroxyl groups is 1. The van der Waals surface area contributed by atoms with Gasteiger partial charge < -0.3 is 10.0 Å². The highest BCUT2D eigenvalue weighted by Gasteiger charge is 2.24. The van der Waals surface area contributed by atoms with E-state index in [2.05, 4.69) is 30.5 Å². The summed E-state index contributed by atoms with van der Waals surface area (Å²) in [6.07, 6.45) is -0.592. The minimum Gasteiger partial charge on any atom is -0.385 e. The molecular weight excluding hydrogens is 336 g/mol. The van der Waals surface area contributed by atoms with E-state index in [0.29, 0.717) is 12.5 Å². The number of nitrogens with zero attached hydrogens (tertiary/aromatic N) is 2. The van der Waals surface area contributed by atoms with Crippen LogP contribution in [-0.2, 0) is 13.1 Å². The van der Waals surface area contributed by atoms with Gasteiger partial charge in [-0.15, -0.1) is 0 Å². The van der Waals surface area contributed by atoms with Gasteiger partial charge in [0.15, 0.2) is 0 Å². The molecule has 0 radical (unpaired) electrons. The summed E-state index contributed by atoms with van der Waals surface area (Å²) < 4.78 is 4.22. The van der Waals surface area contributed by atoms with Gasteiger partial charge in [-0.2, -0.15) is 0 Å². The van der Waals surface area contributed by atoms with Crippen LogP contribution in [0.5, 0.6) is 0 Å². The summed E-state index contributed by atoms with van der Waals surface area (Å²) in [6, 6.07) is 16.3. The summed E-state index contributed by atoms with van der Waals surface area (Å²) in [5, 5.41) is 10.8. The van der Waals surface area contributed by atoms with E-state index in [9.17, 15) is 5.11 Å². The zero-order chi connectivity index (χ0) is 19.4. The van der Waals surface area contributed by atoms with Gasteiger partial charge in [-0.25, -0.2) is 9.13 Å². The number of hydrogen-bond donors (Lipinski definition) is 3. The molecule has 0 aliphatic rings. The molecule has 0 amide bonds. The van der Waals surface area contributed by atoms with Crippen molar-refractivity contribution < 1.29 is 14.6 Å². The first-order valence-electron chi connectivity index (χ1n) is 9.89. The third-order valence-electron chi connectivity index (χ3n) is 5.52. The van der Waals surface area contributed by atoms with Crippen LogP contribution < -0.4 is 15.2 Å². The first kappa shape index (κ1) is 19.4. The lowest BCUT2D eigenvalue weighted by molar-refractivity contribution is -0.897. The lowest BCUT2D eigenvalue weighted by atomic mass is 10.1. The number of nitrogen functional groups attached to an aromatic ring is 1. The molecule has 1 heterocycles. The second-order valence-electron chi connectivity index (χ2n) is 7.24. The molecule has 4 N–H and O–H groups in total. The van der Waals surface area contributed by atoms with Crippen LogP contribution in [0.15, 0.2) is 48.5 Å². The van der Waals surface area contributed by atoms with E-state index in [4.69, 9.17) is 5.73 Å². The number of nitrogens with one attached hydrogen (secondary N) is 1. The fourth-order valence-electron chi connectivity index (χ4n) is 3.68. The summed E-state index contributed by atoms with van der Waals surface area (Å²) >= 11 is 0. The summed E-state index contributed by atoms with van der Waals surface area (Å²) in [4.78, 5) is 1.55. The van der Waals surface area contributed by atoms with Crippen LogP contribution in [0, 0.1) is 6.92 Å². The van der Waals surface area contributed by atoms with Crippen LogP contribution in [0.3, 0.4) is 0 Å². The number of hydrogen-bond acceptors (Lipinski definition) is 2.